The van der Waals surface area contributed by atoms with Gasteiger partial charge in [-0.15, -0.1) is 0 Å². The van der Waals surface area contributed by atoms with Crippen molar-refractivity contribution in [3.8, 4) is 23.5 Å². The SMILES string of the molecule is COc1ccccc1CN(CC1CCCO1)C(=O)C1CCN(c2oc(-c3ccco3)nc2C#N)CC1. The lowest BCUT2D eigenvalue weighted by Crippen LogP contribution is -2.44. The zero-order valence-corrected chi connectivity index (χ0v) is 20.4. The highest BCUT2D eigenvalue weighted by atomic mass is 16.5. The molecule has 0 radical (unpaired) electrons. The number of oxazole rings is 1. The van der Waals surface area contributed by atoms with Gasteiger partial charge in [0.1, 0.15) is 11.8 Å². The fourth-order valence-corrected chi connectivity index (χ4v) is 5.00. The first-order chi connectivity index (χ1) is 17.7. The number of amides is 1. The standard InChI is InChI=1S/C27H30N4O5/c1-33-23-8-3-2-6-20(23)17-31(18-21-7-4-14-34-21)26(32)19-10-12-30(13-11-19)27-22(16-28)29-25(36-27)24-9-5-15-35-24/h2-3,5-6,8-9,15,19,21H,4,7,10-14,17-18H2,1H3. The third-order valence-electron chi connectivity index (χ3n) is 6.89. The largest absolute Gasteiger partial charge is 0.496 e. The van der Waals surface area contributed by atoms with Crippen LogP contribution in [0, 0.1) is 17.2 Å². The van der Waals surface area contributed by atoms with Crippen molar-refractivity contribution in [1.29, 1.82) is 5.26 Å². The van der Waals surface area contributed by atoms with Crippen LogP contribution in [-0.2, 0) is 16.1 Å². The first-order valence-electron chi connectivity index (χ1n) is 12.4. The summed E-state index contributed by atoms with van der Waals surface area (Å²) in [4.78, 5) is 21.9. The maximum Gasteiger partial charge on any atom is 0.266 e. The number of hydrogen-bond donors (Lipinski definition) is 0. The van der Waals surface area contributed by atoms with Gasteiger partial charge in [-0.25, -0.2) is 0 Å². The number of nitrogens with zero attached hydrogens (tertiary/aromatic N) is 4. The number of carbonyl (C=O) groups is 1. The molecule has 3 aromatic rings. The first kappa shape index (κ1) is 23.9. The van der Waals surface area contributed by atoms with Crippen LogP contribution in [-0.4, -0.2) is 55.2 Å². The molecule has 2 aliphatic rings. The summed E-state index contributed by atoms with van der Waals surface area (Å²) in [7, 11) is 1.65. The van der Waals surface area contributed by atoms with Crippen molar-refractivity contribution in [2.75, 3.05) is 38.3 Å². The second-order valence-corrected chi connectivity index (χ2v) is 9.19. The van der Waals surface area contributed by atoms with Crippen LogP contribution in [0.5, 0.6) is 5.75 Å². The highest BCUT2D eigenvalue weighted by molar-refractivity contribution is 5.79. The molecule has 0 saturated carbocycles. The lowest BCUT2D eigenvalue weighted by atomic mass is 9.94. The second kappa shape index (κ2) is 10.9. The molecule has 1 unspecified atom stereocenters. The smallest absolute Gasteiger partial charge is 0.266 e. The molecule has 0 N–H and O–H groups in total. The number of methoxy groups -OCH3 is 1. The number of hydrogen-bond acceptors (Lipinski definition) is 8. The number of rotatable bonds is 8. The summed E-state index contributed by atoms with van der Waals surface area (Å²) in [6.07, 6.45) is 4.92. The minimum absolute atomic E-state index is 0.0659. The van der Waals surface area contributed by atoms with Crippen molar-refractivity contribution in [3.05, 3.63) is 53.9 Å². The minimum atomic E-state index is -0.115. The molecule has 0 aliphatic carbocycles. The molecule has 1 atom stereocenters. The number of nitriles is 1. The number of para-hydroxylation sites is 1. The number of benzene rings is 1. The number of anilines is 1. The molecule has 4 heterocycles. The van der Waals surface area contributed by atoms with E-state index in [4.69, 9.17) is 18.3 Å². The van der Waals surface area contributed by atoms with E-state index in [2.05, 4.69) is 11.1 Å². The normalized spacial score (nSPS) is 18.2. The predicted molar refractivity (Wildman–Crippen MR) is 131 cm³/mol. The number of ether oxygens (including phenoxy) is 2. The average Bonchev–Trinajstić information content (AvgIpc) is 3.70. The Morgan fingerprint density at radius 3 is 2.75 bits per heavy atom. The maximum atomic E-state index is 13.7. The minimum Gasteiger partial charge on any atom is -0.496 e. The van der Waals surface area contributed by atoms with Gasteiger partial charge in [-0.1, -0.05) is 18.2 Å². The summed E-state index contributed by atoms with van der Waals surface area (Å²) in [6.45, 7) is 3.00. The van der Waals surface area contributed by atoms with Gasteiger partial charge < -0.3 is 28.1 Å². The summed E-state index contributed by atoms with van der Waals surface area (Å²) in [5, 5.41) is 9.58. The van der Waals surface area contributed by atoms with Crippen LogP contribution in [0.25, 0.3) is 11.7 Å². The Morgan fingerprint density at radius 1 is 1.22 bits per heavy atom. The van der Waals surface area contributed by atoms with Crippen molar-refractivity contribution in [1.82, 2.24) is 9.88 Å². The summed E-state index contributed by atoms with van der Waals surface area (Å²) in [5.41, 5.74) is 1.21. The maximum absolute atomic E-state index is 13.7. The lowest BCUT2D eigenvalue weighted by molar-refractivity contribution is -0.138. The third kappa shape index (κ3) is 5.09. The van der Waals surface area contributed by atoms with Crippen LogP contribution in [0.4, 0.5) is 5.88 Å². The Kier molecular flexibility index (Phi) is 7.23. The van der Waals surface area contributed by atoms with Gasteiger partial charge in [-0.2, -0.15) is 10.2 Å². The van der Waals surface area contributed by atoms with E-state index in [1.54, 1.807) is 19.2 Å². The number of furan rings is 1. The van der Waals surface area contributed by atoms with Gasteiger partial charge >= 0.3 is 0 Å². The monoisotopic (exact) mass is 490 g/mol. The van der Waals surface area contributed by atoms with Gasteiger partial charge in [-0.05, 0) is 43.9 Å². The average molecular weight is 491 g/mol. The molecule has 2 aromatic heterocycles. The van der Waals surface area contributed by atoms with E-state index in [-0.39, 0.29) is 29.5 Å². The molecule has 1 aromatic carbocycles. The Bertz CT molecular complexity index is 1200. The number of carbonyl (C=O) groups excluding carboxylic acids is 1. The van der Waals surface area contributed by atoms with Crippen molar-refractivity contribution >= 4 is 11.8 Å². The quantitative estimate of drug-likeness (QED) is 0.462. The van der Waals surface area contributed by atoms with Gasteiger partial charge in [0.15, 0.2) is 5.76 Å². The second-order valence-electron chi connectivity index (χ2n) is 9.19. The van der Waals surface area contributed by atoms with Crippen LogP contribution in [0.2, 0.25) is 0 Å². The summed E-state index contributed by atoms with van der Waals surface area (Å²) < 4.78 is 22.6. The number of aromatic nitrogens is 1. The van der Waals surface area contributed by atoms with Crippen LogP contribution < -0.4 is 9.64 Å². The van der Waals surface area contributed by atoms with Gasteiger partial charge in [0, 0.05) is 44.3 Å². The Morgan fingerprint density at radius 2 is 2.06 bits per heavy atom. The van der Waals surface area contributed by atoms with E-state index in [9.17, 15) is 10.1 Å². The Hall–Kier alpha value is -3.77. The lowest BCUT2D eigenvalue weighted by Gasteiger charge is -2.35. The van der Waals surface area contributed by atoms with E-state index >= 15 is 0 Å². The van der Waals surface area contributed by atoms with Crippen molar-refractivity contribution in [3.63, 3.8) is 0 Å². The first-order valence-corrected chi connectivity index (χ1v) is 12.4. The molecule has 36 heavy (non-hydrogen) atoms. The van der Waals surface area contributed by atoms with Crippen LogP contribution >= 0.6 is 0 Å². The Balaban J connectivity index is 1.28. The van der Waals surface area contributed by atoms with E-state index in [1.807, 2.05) is 34.1 Å². The molecule has 2 saturated heterocycles. The van der Waals surface area contributed by atoms with Gasteiger partial charge in [0.2, 0.25) is 17.5 Å². The summed E-state index contributed by atoms with van der Waals surface area (Å²) in [6, 6.07) is 13.4. The molecule has 188 valence electrons. The van der Waals surface area contributed by atoms with E-state index in [1.165, 1.54) is 6.26 Å². The predicted octanol–water partition coefficient (Wildman–Crippen LogP) is 4.24. The van der Waals surface area contributed by atoms with Crippen LogP contribution in [0.3, 0.4) is 0 Å². The zero-order valence-electron chi connectivity index (χ0n) is 20.4. The molecular weight excluding hydrogens is 460 g/mol. The van der Waals surface area contributed by atoms with Crippen molar-refractivity contribution in [2.24, 2.45) is 5.92 Å². The fourth-order valence-electron chi connectivity index (χ4n) is 5.00. The highest BCUT2D eigenvalue weighted by Gasteiger charge is 2.33. The van der Waals surface area contributed by atoms with Crippen LogP contribution in [0.15, 0.2) is 51.5 Å². The number of piperidine rings is 1. The highest BCUT2D eigenvalue weighted by Crippen LogP contribution is 2.32. The summed E-state index contributed by atoms with van der Waals surface area (Å²) in [5.74, 6) is 1.98. The topological polar surface area (TPSA) is 105 Å². The molecule has 0 bridgehead atoms. The van der Waals surface area contributed by atoms with E-state index in [0.29, 0.717) is 50.7 Å². The molecule has 0 spiro atoms. The van der Waals surface area contributed by atoms with Gasteiger partial charge in [0.05, 0.1) is 19.5 Å². The van der Waals surface area contributed by atoms with Gasteiger partial charge in [-0.3, -0.25) is 4.79 Å². The third-order valence-corrected chi connectivity index (χ3v) is 6.89. The van der Waals surface area contributed by atoms with Crippen molar-refractivity contribution < 1.29 is 23.1 Å². The van der Waals surface area contributed by atoms with Crippen molar-refractivity contribution in [2.45, 2.75) is 38.3 Å². The summed E-state index contributed by atoms with van der Waals surface area (Å²) >= 11 is 0. The van der Waals surface area contributed by atoms with Gasteiger partial charge in [0.25, 0.3) is 5.89 Å². The zero-order chi connectivity index (χ0) is 24.9. The van der Waals surface area contributed by atoms with E-state index in [0.717, 1.165) is 30.8 Å². The molecule has 1 amide bonds. The molecule has 5 rings (SSSR count). The molecular formula is C27H30N4O5. The molecule has 9 heteroatoms. The van der Waals surface area contributed by atoms with Crippen LogP contribution in [0.1, 0.15) is 36.9 Å². The molecule has 2 fully saturated rings. The molecule has 9 nitrogen and oxygen atoms in total. The molecule has 2 aliphatic heterocycles. The Labute approximate surface area is 210 Å². The van der Waals surface area contributed by atoms with E-state index < -0.39 is 0 Å². The fraction of sp³-hybridized carbons (Fsp3) is 0.444.